The van der Waals surface area contributed by atoms with Gasteiger partial charge in [0.05, 0.1) is 6.61 Å². The Kier molecular flexibility index (Phi) is 6.50. The van der Waals surface area contributed by atoms with Gasteiger partial charge < -0.3 is 9.64 Å². The summed E-state index contributed by atoms with van der Waals surface area (Å²) in [5.74, 6) is -0.391. The van der Waals surface area contributed by atoms with Crippen molar-refractivity contribution >= 4 is 23.0 Å². The number of hydrogen-bond donors (Lipinski definition) is 0. The second-order valence-corrected chi connectivity index (χ2v) is 7.23. The number of rotatable bonds is 7. The SMILES string of the molecule is C=CC(=O)OCCc1cccc(N(c2ccc(C)cc2)c2ccc(C)c(C)c2)c1. The molecule has 0 aliphatic carbocycles. The Hall–Kier alpha value is -3.33. The first-order valence-corrected chi connectivity index (χ1v) is 9.80. The van der Waals surface area contributed by atoms with Crippen molar-refractivity contribution < 1.29 is 9.53 Å². The topological polar surface area (TPSA) is 29.5 Å². The number of ether oxygens (including phenoxy) is 1. The van der Waals surface area contributed by atoms with Crippen LogP contribution >= 0.6 is 0 Å². The zero-order chi connectivity index (χ0) is 20.8. The summed E-state index contributed by atoms with van der Waals surface area (Å²) in [5, 5.41) is 0. The maximum Gasteiger partial charge on any atom is 0.330 e. The fourth-order valence-electron chi connectivity index (χ4n) is 3.19. The molecule has 0 aliphatic heterocycles. The van der Waals surface area contributed by atoms with E-state index >= 15 is 0 Å². The minimum absolute atomic E-state index is 0.336. The van der Waals surface area contributed by atoms with Crippen molar-refractivity contribution in [1.29, 1.82) is 0 Å². The molecule has 0 aromatic heterocycles. The molecule has 3 aromatic carbocycles. The maximum absolute atomic E-state index is 11.3. The highest BCUT2D eigenvalue weighted by Gasteiger charge is 2.13. The number of anilines is 3. The third-order valence-corrected chi connectivity index (χ3v) is 5.01. The first kappa shape index (κ1) is 20.4. The molecule has 3 nitrogen and oxygen atoms in total. The number of esters is 1. The van der Waals surface area contributed by atoms with Crippen molar-refractivity contribution in [2.75, 3.05) is 11.5 Å². The highest BCUT2D eigenvalue weighted by Crippen LogP contribution is 2.35. The Labute approximate surface area is 173 Å². The van der Waals surface area contributed by atoms with Crippen molar-refractivity contribution in [2.45, 2.75) is 27.2 Å². The summed E-state index contributed by atoms with van der Waals surface area (Å²) in [6.45, 7) is 10.1. The Morgan fingerprint density at radius 1 is 0.897 bits per heavy atom. The number of aryl methyl sites for hydroxylation is 3. The molecule has 3 rings (SSSR count). The van der Waals surface area contributed by atoms with Crippen LogP contribution in [0.1, 0.15) is 22.3 Å². The van der Waals surface area contributed by atoms with Crippen LogP contribution in [0, 0.1) is 20.8 Å². The Morgan fingerprint density at radius 3 is 2.28 bits per heavy atom. The fourth-order valence-corrected chi connectivity index (χ4v) is 3.19. The van der Waals surface area contributed by atoms with Crippen LogP contribution in [-0.4, -0.2) is 12.6 Å². The van der Waals surface area contributed by atoms with Crippen LogP contribution in [0.5, 0.6) is 0 Å². The third kappa shape index (κ3) is 5.14. The molecule has 0 atom stereocenters. The minimum Gasteiger partial charge on any atom is -0.462 e. The molecule has 148 valence electrons. The summed E-state index contributed by atoms with van der Waals surface area (Å²) in [4.78, 5) is 13.5. The maximum atomic E-state index is 11.3. The van der Waals surface area contributed by atoms with Crippen LogP contribution < -0.4 is 4.90 Å². The zero-order valence-corrected chi connectivity index (χ0v) is 17.3. The van der Waals surface area contributed by atoms with Gasteiger partial charge in [0.2, 0.25) is 0 Å². The van der Waals surface area contributed by atoms with Gasteiger partial charge in [-0.15, -0.1) is 0 Å². The molecular weight excluding hydrogens is 358 g/mol. The Morgan fingerprint density at radius 2 is 1.59 bits per heavy atom. The lowest BCUT2D eigenvalue weighted by Gasteiger charge is -2.26. The molecule has 0 bridgehead atoms. The lowest BCUT2D eigenvalue weighted by molar-refractivity contribution is -0.137. The lowest BCUT2D eigenvalue weighted by Crippen LogP contribution is -2.11. The fraction of sp³-hybridized carbons (Fsp3) is 0.192. The smallest absolute Gasteiger partial charge is 0.330 e. The monoisotopic (exact) mass is 385 g/mol. The summed E-state index contributed by atoms with van der Waals surface area (Å²) in [7, 11) is 0. The van der Waals surface area contributed by atoms with Gasteiger partial charge in [-0.2, -0.15) is 0 Å². The lowest BCUT2D eigenvalue weighted by atomic mass is 10.1. The number of carbonyl (C=O) groups excluding carboxylic acids is 1. The quantitative estimate of drug-likeness (QED) is 0.350. The number of carbonyl (C=O) groups is 1. The molecular formula is C26H27NO2. The van der Waals surface area contributed by atoms with Crippen LogP contribution in [0.15, 0.2) is 79.4 Å². The van der Waals surface area contributed by atoms with E-state index in [1.165, 1.54) is 22.8 Å². The van der Waals surface area contributed by atoms with Crippen LogP contribution in [0.3, 0.4) is 0 Å². The molecule has 0 unspecified atom stereocenters. The van der Waals surface area contributed by atoms with E-state index in [0.717, 1.165) is 22.6 Å². The van der Waals surface area contributed by atoms with Crippen molar-refractivity contribution in [3.05, 3.63) is 102 Å². The van der Waals surface area contributed by atoms with E-state index in [1.54, 1.807) is 0 Å². The van der Waals surface area contributed by atoms with Crippen molar-refractivity contribution in [2.24, 2.45) is 0 Å². The number of benzene rings is 3. The Bertz CT molecular complexity index is 1010. The molecule has 0 amide bonds. The normalized spacial score (nSPS) is 10.4. The average molecular weight is 386 g/mol. The van der Waals surface area contributed by atoms with E-state index in [2.05, 4.69) is 92.9 Å². The molecule has 0 N–H and O–H groups in total. The van der Waals surface area contributed by atoms with Crippen molar-refractivity contribution in [3.8, 4) is 0 Å². The first-order valence-electron chi connectivity index (χ1n) is 9.80. The van der Waals surface area contributed by atoms with Crippen LogP contribution in [0.4, 0.5) is 17.1 Å². The molecule has 0 saturated carbocycles. The van der Waals surface area contributed by atoms with E-state index < -0.39 is 5.97 Å². The molecule has 0 heterocycles. The van der Waals surface area contributed by atoms with Gasteiger partial charge in [0.15, 0.2) is 0 Å². The second kappa shape index (κ2) is 9.24. The molecule has 3 aromatic rings. The molecule has 0 spiro atoms. The largest absolute Gasteiger partial charge is 0.462 e. The average Bonchev–Trinajstić information content (AvgIpc) is 2.72. The van der Waals surface area contributed by atoms with Crippen LogP contribution in [-0.2, 0) is 16.0 Å². The van der Waals surface area contributed by atoms with E-state index in [1.807, 2.05) is 6.07 Å². The third-order valence-electron chi connectivity index (χ3n) is 5.01. The summed E-state index contributed by atoms with van der Waals surface area (Å²) in [5.41, 5.74) is 8.17. The van der Waals surface area contributed by atoms with E-state index in [4.69, 9.17) is 4.74 Å². The first-order chi connectivity index (χ1) is 14.0. The van der Waals surface area contributed by atoms with Gasteiger partial charge in [0, 0.05) is 29.6 Å². The van der Waals surface area contributed by atoms with Crippen molar-refractivity contribution in [3.63, 3.8) is 0 Å². The molecule has 0 radical (unpaired) electrons. The van der Waals surface area contributed by atoms with Crippen molar-refractivity contribution in [1.82, 2.24) is 0 Å². The highest BCUT2D eigenvalue weighted by atomic mass is 16.5. The van der Waals surface area contributed by atoms with Gasteiger partial charge in [-0.3, -0.25) is 0 Å². The standard InChI is InChI=1S/C26H27NO2/c1-5-26(28)29-16-15-22-7-6-8-24(18-22)27(23-12-9-19(2)10-13-23)25-14-11-20(3)21(4)17-25/h5-14,17-18H,1,15-16H2,2-4H3. The van der Waals surface area contributed by atoms with E-state index in [-0.39, 0.29) is 0 Å². The van der Waals surface area contributed by atoms with E-state index in [0.29, 0.717) is 13.0 Å². The summed E-state index contributed by atoms with van der Waals surface area (Å²) in [6, 6.07) is 23.4. The summed E-state index contributed by atoms with van der Waals surface area (Å²) < 4.78 is 5.14. The van der Waals surface area contributed by atoms with E-state index in [9.17, 15) is 4.79 Å². The molecule has 0 fully saturated rings. The predicted octanol–water partition coefficient (Wildman–Crippen LogP) is 6.35. The number of nitrogens with zero attached hydrogens (tertiary/aromatic N) is 1. The van der Waals surface area contributed by atoms with Gasteiger partial charge in [-0.1, -0.05) is 42.5 Å². The molecule has 0 aliphatic rings. The second-order valence-electron chi connectivity index (χ2n) is 7.23. The predicted molar refractivity (Wildman–Crippen MR) is 120 cm³/mol. The molecule has 0 saturated heterocycles. The summed E-state index contributed by atoms with van der Waals surface area (Å²) >= 11 is 0. The van der Waals surface area contributed by atoms with Crippen LogP contribution in [0.2, 0.25) is 0 Å². The molecule has 29 heavy (non-hydrogen) atoms. The highest BCUT2D eigenvalue weighted by molar-refractivity contribution is 5.81. The van der Waals surface area contributed by atoms with Crippen LogP contribution in [0.25, 0.3) is 0 Å². The zero-order valence-electron chi connectivity index (χ0n) is 17.3. The van der Waals surface area contributed by atoms with Gasteiger partial charge in [0.25, 0.3) is 0 Å². The van der Waals surface area contributed by atoms with Gasteiger partial charge in [-0.05, 0) is 73.9 Å². The molecule has 3 heteroatoms. The minimum atomic E-state index is -0.391. The van der Waals surface area contributed by atoms with Gasteiger partial charge in [0.1, 0.15) is 0 Å². The van der Waals surface area contributed by atoms with Gasteiger partial charge >= 0.3 is 5.97 Å². The Balaban J connectivity index is 1.96. The number of hydrogen-bond acceptors (Lipinski definition) is 3. The van der Waals surface area contributed by atoms with Gasteiger partial charge in [-0.25, -0.2) is 4.79 Å². The summed E-state index contributed by atoms with van der Waals surface area (Å²) in [6.07, 6.45) is 1.84.